The number of amides is 2. The van der Waals surface area contributed by atoms with Gasteiger partial charge >= 0.3 is 0 Å². The summed E-state index contributed by atoms with van der Waals surface area (Å²) in [6.45, 7) is 6.27. The van der Waals surface area contributed by atoms with Crippen LogP contribution in [0, 0.1) is 11.8 Å². The number of morpholine rings is 1. The topological polar surface area (TPSA) is 62.7 Å². The second-order valence-corrected chi connectivity index (χ2v) is 6.91. The molecule has 2 aliphatic heterocycles. The van der Waals surface area contributed by atoms with E-state index in [1.807, 2.05) is 15.9 Å². The lowest BCUT2D eigenvalue weighted by molar-refractivity contribution is -0.137. The summed E-state index contributed by atoms with van der Waals surface area (Å²) in [5, 5.41) is 0. The van der Waals surface area contributed by atoms with E-state index in [1.165, 1.54) is 0 Å². The Kier molecular flexibility index (Phi) is 6.02. The molecule has 2 aliphatic rings. The molecule has 136 valence electrons. The fourth-order valence-electron chi connectivity index (χ4n) is 3.83. The first kappa shape index (κ1) is 17.9. The maximum atomic E-state index is 12.6. The molecule has 0 unspecified atom stereocenters. The van der Waals surface area contributed by atoms with Gasteiger partial charge in [0.15, 0.2) is 0 Å². The standard InChI is InChI=1S/C19H27N3O3/c1-2-15-14-22(19(24)17-4-3-6-20-13-17)7-5-16(15)12-18(23)21-8-10-25-11-9-21/h3-4,6,13,15-16H,2,5,7-12,14H2,1H3/t15-,16-/m0/s1. The minimum atomic E-state index is 0.0458. The average molecular weight is 345 g/mol. The van der Waals surface area contributed by atoms with Gasteiger partial charge in [0.2, 0.25) is 5.91 Å². The van der Waals surface area contributed by atoms with Gasteiger partial charge in [0.25, 0.3) is 5.91 Å². The Morgan fingerprint density at radius 3 is 2.68 bits per heavy atom. The summed E-state index contributed by atoms with van der Waals surface area (Å²) < 4.78 is 5.32. The van der Waals surface area contributed by atoms with Crippen molar-refractivity contribution in [2.24, 2.45) is 11.8 Å². The molecule has 0 aliphatic carbocycles. The second kappa shape index (κ2) is 8.43. The minimum Gasteiger partial charge on any atom is -0.378 e. The van der Waals surface area contributed by atoms with Gasteiger partial charge in [-0.1, -0.05) is 13.3 Å². The predicted octanol–water partition coefficient (Wildman–Crippen LogP) is 1.82. The van der Waals surface area contributed by atoms with Crippen LogP contribution in [-0.2, 0) is 9.53 Å². The molecule has 2 saturated heterocycles. The van der Waals surface area contributed by atoms with Crippen molar-refractivity contribution in [1.82, 2.24) is 14.8 Å². The van der Waals surface area contributed by atoms with Crippen molar-refractivity contribution in [2.75, 3.05) is 39.4 Å². The van der Waals surface area contributed by atoms with Crippen molar-refractivity contribution in [3.63, 3.8) is 0 Å². The number of rotatable bonds is 4. The molecule has 3 heterocycles. The second-order valence-electron chi connectivity index (χ2n) is 6.91. The molecule has 6 heteroatoms. The lowest BCUT2D eigenvalue weighted by Gasteiger charge is -2.39. The molecular formula is C19H27N3O3. The number of carbonyl (C=O) groups excluding carboxylic acids is 2. The quantitative estimate of drug-likeness (QED) is 0.835. The van der Waals surface area contributed by atoms with E-state index in [1.54, 1.807) is 18.5 Å². The van der Waals surface area contributed by atoms with Crippen molar-refractivity contribution in [1.29, 1.82) is 0 Å². The summed E-state index contributed by atoms with van der Waals surface area (Å²) in [7, 11) is 0. The number of aromatic nitrogens is 1. The van der Waals surface area contributed by atoms with Gasteiger partial charge in [-0.2, -0.15) is 0 Å². The highest BCUT2D eigenvalue weighted by molar-refractivity contribution is 5.94. The number of nitrogens with zero attached hydrogens (tertiary/aromatic N) is 3. The smallest absolute Gasteiger partial charge is 0.255 e. The Morgan fingerprint density at radius 2 is 2.00 bits per heavy atom. The van der Waals surface area contributed by atoms with Crippen LogP contribution < -0.4 is 0 Å². The molecule has 0 spiro atoms. The molecule has 0 aromatic carbocycles. The summed E-state index contributed by atoms with van der Waals surface area (Å²) in [4.78, 5) is 33.1. The van der Waals surface area contributed by atoms with Gasteiger partial charge in [-0.05, 0) is 30.4 Å². The minimum absolute atomic E-state index is 0.0458. The van der Waals surface area contributed by atoms with Crippen LogP contribution in [0.15, 0.2) is 24.5 Å². The summed E-state index contributed by atoms with van der Waals surface area (Å²) in [6.07, 6.45) is 5.76. The molecule has 0 N–H and O–H groups in total. The fourth-order valence-corrected chi connectivity index (χ4v) is 3.83. The molecule has 1 aromatic rings. The zero-order valence-corrected chi connectivity index (χ0v) is 14.9. The van der Waals surface area contributed by atoms with E-state index < -0.39 is 0 Å². The van der Waals surface area contributed by atoms with Crippen LogP contribution in [0.1, 0.15) is 36.5 Å². The van der Waals surface area contributed by atoms with Crippen LogP contribution in [-0.4, -0.2) is 66.0 Å². The van der Waals surface area contributed by atoms with E-state index in [4.69, 9.17) is 4.74 Å². The highest BCUT2D eigenvalue weighted by Gasteiger charge is 2.33. The molecule has 1 aromatic heterocycles. The van der Waals surface area contributed by atoms with E-state index in [2.05, 4.69) is 11.9 Å². The molecule has 6 nitrogen and oxygen atoms in total. The van der Waals surface area contributed by atoms with Crippen molar-refractivity contribution < 1.29 is 14.3 Å². The third-order valence-corrected chi connectivity index (χ3v) is 5.41. The van der Waals surface area contributed by atoms with Gasteiger partial charge in [0.1, 0.15) is 0 Å². The zero-order chi connectivity index (χ0) is 17.6. The summed E-state index contributed by atoms with van der Waals surface area (Å²) in [5.74, 6) is 1.01. The van der Waals surface area contributed by atoms with E-state index >= 15 is 0 Å². The Hall–Kier alpha value is -1.95. The normalized spacial score (nSPS) is 24.2. The van der Waals surface area contributed by atoms with E-state index in [0.29, 0.717) is 56.7 Å². The highest BCUT2D eigenvalue weighted by atomic mass is 16.5. The van der Waals surface area contributed by atoms with Crippen molar-refractivity contribution in [2.45, 2.75) is 26.2 Å². The molecule has 2 amide bonds. The maximum Gasteiger partial charge on any atom is 0.255 e. The van der Waals surface area contributed by atoms with Crippen LogP contribution >= 0.6 is 0 Å². The predicted molar refractivity (Wildman–Crippen MR) is 94.0 cm³/mol. The molecule has 2 fully saturated rings. The molecule has 0 bridgehead atoms. The number of carbonyl (C=O) groups is 2. The Bertz CT molecular complexity index is 587. The van der Waals surface area contributed by atoms with E-state index in [-0.39, 0.29) is 11.8 Å². The highest BCUT2D eigenvalue weighted by Crippen LogP contribution is 2.30. The number of hydrogen-bond donors (Lipinski definition) is 0. The SMILES string of the molecule is CC[C@H]1CN(C(=O)c2cccnc2)CC[C@H]1CC(=O)N1CCOCC1. The first-order chi connectivity index (χ1) is 12.2. The Labute approximate surface area is 149 Å². The molecule has 2 atom stereocenters. The number of ether oxygens (including phenoxy) is 1. The van der Waals surface area contributed by atoms with Gasteiger partial charge in [-0.3, -0.25) is 14.6 Å². The monoisotopic (exact) mass is 345 g/mol. The average Bonchev–Trinajstić information content (AvgIpc) is 2.69. The first-order valence-electron chi connectivity index (χ1n) is 9.24. The van der Waals surface area contributed by atoms with Gasteiger partial charge in [0.05, 0.1) is 18.8 Å². The largest absolute Gasteiger partial charge is 0.378 e. The third-order valence-electron chi connectivity index (χ3n) is 5.41. The molecule has 0 radical (unpaired) electrons. The lowest BCUT2D eigenvalue weighted by Crippen LogP contribution is -2.46. The Morgan fingerprint density at radius 1 is 1.20 bits per heavy atom. The van der Waals surface area contributed by atoms with E-state index in [0.717, 1.165) is 19.4 Å². The first-order valence-corrected chi connectivity index (χ1v) is 9.24. The van der Waals surface area contributed by atoms with Crippen LogP contribution in [0.2, 0.25) is 0 Å². The summed E-state index contributed by atoms with van der Waals surface area (Å²) in [6, 6.07) is 3.60. The van der Waals surface area contributed by atoms with Crippen LogP contribution in [0.25, 0.3) is 0 Å². The summed E-state index contributed by atoms with van der Waals surface area (Å²) >= 11 is 0. The summed E-state index contributed by atoms with van der Waals surface area (Å²) in [5.41, 5.74) is 0.639. The van der Waals surface area contributed by atoms with E-state index in [9.17, 15) is 9.59 Å². The van der Waals surface area contributed by atoms with Gasteiger partial charge in [0, 0.05) is 45.0 Å². The number of piperidine rings is 1. The van der Waals surface area contributed by atoms with Crippen molar-refractivity contribution >= 4 is 11.8 Å². The fraction of sp³-hybridized carbons (Fsp3) is 0.632. The van der Waals surface area contributed by atoms with Gasteiger partial charge < -0.3 is 14.5 Å². The zero-order valence-electron chi connectivity index (χ0n) is 14.9. The lowest BCUT2D eigenvalue weighted by atomic mass is 9.81. The van der Waals surface area contributed by atoms with Crippen LogP contribution in [0.5, 0.6) is 0 Å². The van der Waals surface area contributed by atoms with Crippen molar-refractivity contribution in [3.8, 4) is 0 Å². The maximum absolute atomic E-state index is 12.6. The third kappa shape index (κ3) is 4.37. The van der Waals surface area contributed by atoms with Crippen LogP contribution in [0.4, 0.5) is 0 Å². The number of likely N-dealkylation sites (tertiary alicyclic amines) is 1. The number of pyridine rings is 1. The molecule has 0 saturated carbocycles. The molecular weight excluding hydrogens is 318 g/mol. The Balaban J connectivity index is 1.58. The van der Waals surface area contributed by atoms with Gasteiger partial charge in [-0.25, -0.2) is 0 Å². The van der Waals surface area contributed by atoms with Crippen LogP contribution in [0.3, 0.4) is 0 Å². The molecule has 25 heavy (non-hydrogen) atoms. The van der Waals surface area contributed by atoms with Gasteiger partial charge in [-0.15, -0.1) is 0 Å². The number of hydrogen-bond acceptors (Lipinski definition) is 4. The molecule has 3 rings (SSSR count). The van der Waals surface area contributed by atoms with Crippen molar-refractivity contribution in [3.05, 3.63) is 30.1 Å².